The van der Waals surface area contributed by atoms with Gasteiger partial charge < -0.3 is 5.32 Å². The minimum absolute atomic E-state index is 0.0733. The van der Waals surface area contributed by atoms with Crippen LogP contribution >= 0.6 is 22.7 Å². The van der Waals surface area contributed by atoms with E-state index in [1.165, 1.54) is 26.7 Å². The Bertz CT molecular complexity index is 1230. The molecule has 0 spiro atoms. The maximum absolute atomic E-state index is 13.2. The fourth-order valence-electron chi connectivity index (χ4n) is 4.40. The van der Waals surface area contributed by atoms with Crippen LogP contribution < -0.4 is 5.32 Å². The lowest BCUT2D eigenvalue weighted by Crippen LogP contribution is -2.63. The number of guanidine groups is 1. The van der Waals surface area contributed by atoms with Gasteiger partial charge in [0.2, 0.25) is 10.9 Å². The maximum Gasteiger partial charge on any atom is 0.241 e. The van der Waals surface area contributed by atoms with Gasteiger partial charge in [-0.2, -0.15) is 11.3 Å². The predicted molar refractivity (Wildman–Crippen MR) is 111 cm³/mol. The van der Waals surface area contributed by atoms with Crippen LogP contribution in [-0.2, 0) is 16.8 Å². The van der Waals surface area contributed by atoms with Gasteiger partial charge in [0.15, 0.2) is 5.96 Å². The van der Waals surface area contributed by atoms with Gasteiger partial charge in [-0.3, -0.25) is 20.1 Å². The number of aromatic nitrogens is 1. The van der Waals surface area contributed by atoms with Crippen LogP contribution in [0.25, 0.3) is 15.1 Å². The summed E-state index contributed by atoms with van der Waals surface area (Å²) >= 11 is 3.10. The van der Waals surface area contributed by atoms with Gasteiger partial charge in [0, 0.05) is 28.6 Å². The molecule has 1 aliphatic heterocycles. The number of nitrogens with one attached hydrogen (secondary N) is 2. The highest BCUT2D eigenvalue weighted by Crippen LogP contribution is 2.53. The summed E-state index contributed by atoms with van der Waals surface area (Å²) in [6.45, 7) is 11.5. The molecule has 28 heavy (non-hydrogen) atoms. The SMILES string of the molecule is [C-]#[N+]c1ccc(C23NC(=N)N(C)C(=O)C2Cc2c3cnc3c(C)c(C)sc23)s1. The molecule has 2 unspecified atom stereocenters. The number of carbonyl (C=O) groups excluding carboxylic acids is 1. The molecular formula is C20H17N5OS2. The Labute approximate surface area is 170 Å². The summed E-state index contributed by atoms with van der Waals surface area (Å²) < 4.78 is 1.13. The molecular weight excluding hydrogens is 390 g/mol. The van der Waals surface area contributed by atoms with Crippen LogP contribution in [0.1, 0.15) is 26.4 Å². The summed E-state index contributed by atoms with van der Waals surface area (Å²) in [7, 11) is 1.64. The summed E-state index contributed by atoms with van der Waals surface area (Å²) in [5.41, 5.74) is 3.44. The van der Waals surface area contributed by atoms with Crippen molar-refractivity contribution in [2.75, 3.05) is 7.05 Å². The molecule has 2 aliphatic rings. The first-order valence-electron chi connectivity index (χ1n) is 8.88. The van der Waals surface area contributed by atoms with Gasteiger partial charge in [-0.25, -0.2) is 4.85 Å². The molecule has 0 saturated carbocycles. The number of thiophene rings is 2. The second-order valence-corrected chi connectivity index (χ2v) is 9.58. The standard InChI is InChI=1S/C20H17N5OS2/c1-9-10(2)27-17-11-7-12-18(26)25(4)19(21)24-20(12,13(11)8-23-16(9)17)14-5-6-15(22-3)28-14/h5-6,8,12H,7H2,1-2,4H3,(H2,21,24). The summed E-state index contributed by atoms with van der Waals surface area (Å²) in [6.07, 6.45) is 2.47. The Morgan fingerprint density at radius 2 is 2.18 bits per heavy atom. The Kier molecular flexibility index (Phi) is 3.49. The van der Waals surface area contributed by atoms with Gasteiger partial charge in [0.25, 0.3) is 0 Å². The molecule has 3 aromatic heterocycles. The van der Waals surface area contributed by atoms with E-state index in [1.54, 1.807) is 24.5 Å². The predicted octanol–water partition coefficient (Wildman–Crippen LogP) is 3.94. The fraction of sp³-hybridized carbons (Fsp3) is 0.300. The lowest BCUT2D eigenvalue weighted by molar-refractivity contribution is -0.134. The Hall–Kier alpha value is -2.76. The van der Waals surface area contributed by atoms with Gasteiger partial charge >= 0.3 is 0 Å². The van der Waals surface area contributed by atoms with E-state index in [2.05, 4.69) is 24.0 Å². The third-order valence-corrected chi connectivity index (χ3v) is 8.37. The van der Waals surface area contributed by atoms with Crippen molar-refractivity contribution in [3.63, 3.8) is 0 Å². The Morgan fingerprint density at radius 1 is 1.39 bits per heavy atom. The molecule has 140 valence electrons. The number of fused-ring (bicyclic) bond motifs is 5. The molecule has 6 nitrogen and oxygen atoms in total. The van der Waals surface area contributed by atoms with Crippen molar-refractivity contribution < 1.29 is 4.79 Å². The number of rotatable bonds is 1. The number of amides is 1. The van der Waals surface area contributed by atoms with Gasteiger partial charge in [0.05, 0.1) is 22.7 Å². The van der Waals surface area contributed by atoms with Crippen molar-refractivity contribution in [3.05, 3.63) is 56.2 Å². The molecule has 0 aromatic carbocycles. The van der Waals surface area contributed by atoms with E-state index in [0.29, 0.717) is 11.4 Å². The molecule has 0 bridgehead atoms. The third-order valence-electron chi connectivity index (χ3n) is 6.00. The molecule has 5 rings (SSSR count). The highest BCUT2D eigenvalue weighted by molar-refractivity contribution is 7.19. The lowest BCUT2D eigenvalue weighted by atomic mass is 9.80. The van der Waals surface area contributed by atoms with E-state index in [4.69, 9.17) is 17.0 Å². The van der Waals surface area contributed by atoms with Crippen molar-refractivity contribution in [2.24, 2.45) is 5.92 Å². The highest BCUT2D eigenvalue weighted by Gasteiger charge is 2.57. The quantitative estimate of drug-likeness (QED) is 0.600. The van der Waals surface area contributed by atoms with E-state index in [0.717, 1.165) is 26.2 Å². The molecule has 1 fully saturated rings. The van der Waals surface area contributed by atoms with Crippen molar-refractivity contribution in [1.82, 2.24) is 15.2 Å². The number of aryl methyl sites for hydroxylation is 2. The fourth-order valence-corrected chi connectivity index (χ4v) is 6.58. The average molecular weight is 408 g/mol. The summed E-state index contributed by atoms with van der Waals surface area (Å²) in [5, 5.41) is 12.3. The van der Waals surface area contributed by atoms with E-state index in [1.807, 2.05) is 12.3 Å². The van der Waals surface area contributed by atoms with Crippen molar-refractivity contribution in [1.29, 1.82) is 5.41 Å². The monoisotopic (exact) mass is 407 g/mol. The topological polar surface area (TPSA) is 73.4 Å². The molecule has 2 atom stereocenters. The summed E-state index contributed by atoms with van der Waals surface area (Å²) in [6, 6.07) is 3.70. The zero-order chi connectivity index (χ0) is 19.8. The molecule has 1 aliphatic carbocycles. The largest absolute Gasteiger partial charge is 0.341 e. The molecule has 1 amide bonds. The second kappa shape index (κ2) is 5.63. The number of carbonyl (C=O) groups is 1. The van der Waals surface area contributed by atoms with E-state index in [-0.39, 0.29) is 17.8 Å². The normalized spacial score (nSPS) is 23.5. The minimum atomic E-state index is -0.837. The van der Waals surface area contributed by atoms with E-state index >= 15 is 0 Å². The first-order valence-corrected chi connectivity index (χ1v) is 10.5. The number of hydrogen-bond donors (Lipinski definition) is 2. The zero-order valence-electron chi connectivity index (χ0n) is 15.6. The molecule has 2 N–H and O–H groups in total. The zero-order valence-corrected chi connectivity index (χ0v) is 17.2. The van der Waals surface area contributed by atoms with Gasteiger partial charge in [-0.15, -0.1) is 11.3 Å². The smallest absolute Gasteiger partial charge is 0.241 e. The van der Waals surface area contributed by atoms with E-state index in [9.17, 15) is 4.79 Å². The lowest BCUT2D eigenvalue weighted by Gasteiger charge is -2.43. The second-order valence-electron chi connectivity index (χ2n) is 7.30. The van der Waals surface area contributed by atoms with Crippen LogP contribution in [-0.4, -0.2) is 28.8 Å². The molecule has 1 saturated heterocycles. The minimum Gasteiger partial charge on any atom is -0.341 e. The Morgan fingerprint density at radius 3 is 2.89 bits per heavy atom. The van der Waals surface area contributed by atoms with Crippen LogP contribution in [0, 0.1) is 31.7 Å². The third kappa shape index (κ3) is 1.98. The van der Waals surface area contributed by atoms with Crippen molar-refractivity contribution in [2.45, 2.75) is 25.8 Å². The average Bonchev–Trinajstić information content (AvgIpc) is 3.36. The van der Waals surface area contributed by atoms with Crippen LogP contribution in [0.4, 0.5) is 5.00 Å². The number of nitrogens with zero attached hydrogens (tertiary/aromatic N) is 3. The number of hydrogen-bond acceptors (Lipinski definition) is 5. The summed E-state index contributed by atoms with van der Waals surface area (Å²) in [5.74, 6) is -0.365. The van der Waals surface area contributed by atoms with Crippen molar-refractivity contribution in [3.8, 4) is 0 Å². The maximum atomic E-state index is 13.2. The first-order chi connectivity index (χ1) is 13.4. The molecule has 4 heterocycles. The number of pyridine rings is 1. The summed E-state index contributed by atoms with van der Waals surface area (Å²) in [4.78, 5) is 25.0. The molecule has 0 radical (unpaired) electrons. The highest BCUT2D eigenvalue weighted by atomic mass is 32.1. The first kappa shape index (κ1) is 17.3. The van der Waals surface area contributed by atoms with Crippen LogP contribution in [0.3, 0.4) is 0 Å². The molecule has 3 aromatic rings. The van der Waals surface area contributed by atoms with Crippen LogP contribution in [0.15, 0.2) is 18.3 Å². The van der Waals surface area contributed by atoms with Crippen molar-refractivity contribution >= 4 is 49.8 Å². The Balaban J connectivity index is 1.84. The van der Waals surface area contributed by atoms with Gasteiger partial charge in [-0.05, 0) is 37.5 Å². The van der Waals surface area contributed by atoms with Gasteiger partial charge in [-0.1, -0.05) is 6.07 Å². The van der Waals surface area contributed by atoms with Crippen LogP contribution in [0.2, 0.25) is 0 Å². The molecule has 8 heteroatoms. The van der Waals surface area contributed by atoms with E-state index < -0.39 is 5.54 Å². The van der Waals surface area contributed by atoms with Gasteiger partial charge in [0.1, 0.15) is 5.54 Å². The van der Waals surface area contributed by atoms with Crippen LogP contribution in [0.5, 0.6) is 0 Å².